The number of ether oxygens (including phenoxy) is 1. The molecular weight excluding hydrogens is 421 g/mol. The minimum atomic E-state index is -0.0324. The van der Waals surface area contributed by atoms with Crippen LogP contribution in [0.15, 0.2) is 54.0 Å². The van der Waals surface area contributed by atoms with Gasteiger partial charge in [0.05, 0.1) is 16.9 Å². The summed E-state index contributed by atoms with van der Waals surface area (Å²) in [5.74, 6) is 1.24. The van der Waals surface area contributed by atoms with Gasteiger partial charge in [0, 0.05) is 37.6 Å². The molecule has 0 amide bonds. The van der Waals surface area contributed by atoms with E-state index >= 15 is 0 Å². The van der Waals surface area contributed by atoms with Crippen LogP contribution in [0.25, 0.3) is 21.9 Å². The van der Waals surface area contributed by atoms with Gasteiger partial charge in [-0.2, -0.15) is 0 Å². The molecule has 0 saturated heterocycles. The van der Waals surface area contributed by atoms with E-state index in [4.69, 9.17) is 20.3 Å². The zero-order valence-corrected chi connectivity index (χ0v) is 19.8. The number of para-hydroxylation sites is 1. The number of benzene rings is 1. The maximum absolute atomic E-state index is 11.7. The number of aromatic nitrogens is 3. The van der Waals surface area contributed by atoms with Crippen molar-refractivity contribution in [2.24, 2.45) is 5.16 Å². The standard InChI is InChI=1S/C20H25N5O2.C5H9F/c1-3-5-11-22-27-13-8-12-25-17(14-26-4-2)24-18-19(25)15-9-6-7-10-16(15)23-20(18)21;1-3-5(6)4-2/h3,6-7,9-11H,1,4-5,8,12-14H2,2H3,(H2,21,23);3H,4H2,1-2H3/b22-11+;5-3+. The van der Waals surface area contributed by atoms with Gasteiger partial charge in [-0.15, -0.1) is 6.58 Å². The van der Waals surface area contributed by atoms with Crippen LogP contribution in [0.4, 0.5) is 10.2 Å². The summed E-state index contributed by atoms with van der Waals surface area (Å²) in [5.41, 5.74) is 8.74. The van der Waals surface area contributed by atoms with Crippen molar-refractivity contribution in [1.82, 2.24) is 14.5 Å². The Morgan fingerprint density at radius 2 is 2.06 bits per heavy atom. The number of nitrogens with zero attached hydrogens (tertiary/aromatic N) is 4. The number of allylic oxidation sites excluding steroid dienone is 3. The molecule has 0 unspecified atom stereocenters. The Labute approximate surface area is 194 Å². The lowest BCUT2D eigenvalue weighted by Gasteiger charge is -2.10. The van der Waals surface area contributed by atoms with Gasteiger partial charge in [0.2, 0.25) is 0 Å². The quantitative estimate of drug-likeness (QED) is 0.167. The Morgan fingerprint density at radius 1 is 1.27 bits per heavy atom. The minimum absolute atomic E-state index is 0.0324. The van der Waals surface area contributed by atoms with Gasteiger partial charge in [-0.3, -0.25) is 0 Å². The molecule has 2 aromatic heterocycles. The number of nitrogen functional groups attached to an aromatic ring is 1. The molecule has 0 atom stereocenters. The molecule has 0 aliphatic carbocycles. The Hall–Kier alpha value is -3.26. The van der Waals surface area contributed by atoms with E-state index in [1.807, 2.05) is 31.2 Å². The summed E-state index contributed by atoms with van der Waals surface area (Å²) in [4.78, 5) is 14.5. The highest BCUT2D eigenvalue weighted by atomic mass is 19.1. The van der Waals surface area contributed by atoms with Crippen LogP contribution in [-0.4, -0.2) is 34.0 Å². The van der Waals surface area contributed by atoms with Crippen molar-refractivity contribution in [2.45, 2.75) is 53.2 Å². The summed E-state index contributed by atoms with van der Waals surface area (Å²) < 4.78 is 19.5. The number of nitrogens with two attached hydrogens (primary N) is 1. The number of aryl methyl sites for hydroxylation is 1. The lowest BCUT2D eigenvalue weighted by Crippen LogP contribution is -2.08. The van der Waals surface area contributed by atoms with Gasteiger partial charge in [-0.05, 0) is 26.3 Å². The van der Waals surface area contributed by atoms with Crippen molar-refractivity contribution in [3.05, 3.63) is 54.6 Å². The van der Waals surface area contributed by atoms with Gasteiger partial charge in [-0.25, -0.2) is 14.4 Å². The monoisotopic (exact) mass is 455 g/mol. The molecule has 0 fully saturated rings. The molecule has 0 spiro atoms. The van der Waals surface area contributed by atoms with Gasteiger partial charge in [0.1, 0.15) is 24.6 Å². The van der Waals surface area contributed by atoms with Gasteiger partial charge in [0.25, 0.3) is 0 Å². The fraction of sp³-hybridized carbons (Fsp3) is 0.400. The third-order valence-electron chi connectivity index (χ3n) is 4.81. The van der Waals surface area contributed by atoms with Gasteiger partial charge in [-0.1, -0.05) is 42.4 Å². The first kappa shape index (κ1) is 26.0. The Kier molecular flexibility index (Phi) is 11.0. The van der Waals surface area contributed by atoms with Crippen LogP contribution in [0.1, 0.15) is 45.9 Å². The molecule has 178 valence electrons. The van der Waals surface area contributed by atoms with Crippen LogP contribution in [0.2, 0.25) is 0 Å². The molecule has 1 aromatic carbocycles. The first-order chi connectivity index (χ1) is 16.1. The van der Waals surface area contributed by atoms with Crippen LogP contribution in [0.5, 0.6) is 0 Å². The first-order valence-corrected chi connectivity index (χ1v) is 11.2. The molecule has 8 heteroatoms. The second-order valence-corrected chi connectivity index (χ2v) is 7.12. The summed E-state index contributed by atoms with van der Waals surface area (Å²) in [6.45, 7) is 11.4. The zero-order chi connectivity index (χ0) is 24.1. The number of rotatable bonds is 11. The largest absolute Gasteiger partial charge is 0.396 e. The molecule has 2 N–H and O–H groups in total. The van der Waals surface area contributed by atoms with Crippen molar-refractivity contribution in [2.75, 3.05) is 18.9 Å². The third-order valence-corrected chi connectivity index (χ3v) is 4.81. The third kappa shape index (κ3) is 7.39. The molecule has 2 heterocycles. The van der Waals surface area contributed by atoms with Crippen LogP contribution in [-0.2, 0) is 22.7 Å². The highest BCUT2D eigenvalue weighted by Crippen LogP contribution is 2.29. The molecular formula is C25H34FN5O2. The molecule has 33 heavy (non-hydrogen) atoms. The van der Waals surface area contributed by atoms with Crippen LogP contribution in [0.3, 0.4) is 0 Å². The fourth-order valence-electron chi connectivity index (χ4n) is 3.16. The maximum Gasteiger partial charge on any atom is 0.152 e. The number of oxime groups is 1. The molecule has 3 rings (SSSR count). The second kappa shape index (κ2) is 14.0. The number of imidazole rings is 1. The first-order valence-electron chi connectivity index (χ1n) is 11.2. The summed E-state index contributed by atoms with van der Waals surface area (Å²) in [7, 11) is 0. The lowest BCUT2D eigenvalue weighted by atomic mass is 10.2. The second-order valence-electron chi connectivity index (χ2n) is 7.12. The van der Waals surface area contributed by atoms with Gasteiger partial charge >= 0.3 is 0 Å². The van der Waals surface area contributed by atoms with E-state index in [0.29, 0.717) is 44.0 Å². The number of hydrogen-bond donors (Lipinski definition) is 1. The molecule has 3 aromatic rings. The topological polar surface area (TPSA) is 87.5 Å². The average molecular weight is 456 g/mol. The number of pyridine rings is 1. The van der Waals surface area contributed by atoms with Crippen LogP contribution >= 0.6 is 0 Å². The molecule has 0 radical (unpaired) electrons. The summed E-state index contributed by atoms with van der Waals surface area (Å²) >= 11 is 0. The smallest absolute Gasteiger partial charge is 0.152 e. The molecule has 0 saturated carbocycles. The average Bonchev–Trinajstić information content (AvgIpc) is 3.21. The van der Waals surface area contributed by atoms with E-state index in [0.717, 1.165) is 35.2 Å². The van der Waals surface area contributed by atoms with E-state index in [9.17, 15) is 4.39 Å². The zero-order valence-electron chi connectivity index (χ0n) is 19.8. The molecule has 0 bridgehead atoms. The SMILES string of the molecule is C/C=C(/F)CC.C=CC/C=N/OCCCn1c(COCC)nc2c(N)nc3ccccc3c21. The van der Waals surface area contributed by atoms with Crippen LogP contribution in [0, 0.1) is 0 Å². The van der Waals surface area contributed by atoms with Crippen molar-refractivity contribution in [3.8, 4) is 0 Å². The number of hydrogen-bond acceptors (Lipinski definition) is 6. The Bertz CT molecular complexity index is 1090. The van der Waals surface area contributed by atoms with E-state index in [1.165, 1.54) is 6.08 Å². The van der Waals surface area contributed by atoms with E-state index in [2.05, 4.69) is 21.3 Å². The molecule has 0 aliphatic heterocycles. The summed E-state index contributed by atoms with van der Waals surface area (Å²) in [6, 6.07) is 7.96. The molecule has 7 nitrogen and oxygen atoms in total. The normalized spacial score (nSPS) is 11.7. The van der Waals surface area contributed by atoms with Gasteiger partial charge < -0.3 is 19.9 Å². The van der Waals surface area contributed by atoms with Crippen molar-refractivity contribution >= 4 is 34.0 Å². The Balaban J connectivity index is 0.000000569. The molecule has 0 aliphatic rings. The van der Waals surface area contributed by atoms with E-state index in [-0.39, 0.29) is 5.83 Å². The number of fused-ring (bicyclic) bond motifs is 3. The van der Waals surface area contributed by atoms with Crippen molar-refractivity contribution < 1.29 is 14.0 Å². The van der Waals surface area contributed by atoms with Crippen molar-refractivity contribution in [3.63, 3.8) is 0 Å². The van der Waals surface area contributed by atoms with E-state index in [1.54, 1.807) is 26.1 Å². The lowest BCUT2D eigenvalue weighted by molar-refractivity contribution is 0.122. The maximum atomic E-state index is 11.7. The predicted octanol–water partition coefficient (Wildman–Crippen LogP) is 5.94. The fourth-order valence-corrected chi connectivity index (χ4v) is 3.16. The minimum Gasteiger partial charge on any atom is -0.396 e. The van der Waals surface area contributed by atoms with Crippen molar-refractivity contribution in [1.29, 1.82) is 0 Å². The highest BCUT2D eigenvalue weighted by molar-refractivity contribution is 6.06. The van der Waals surface area contributed by atoms with Crippen LogP contribution < -0.4 is 5.73 Å². The number of anilines is 1. The Morgan fingerprint density at radius 3 is 2.73 bits per heavy atom. The van der Waals surface area contributed by atoms with E-state index < -0.39 is 0 Å². The summed E-state index contributed by atoms with van der Waals surface area (Å²) in [5, 5.41) is 4.93. The predicted molar refractivity (Wildman–Crippen MR) is 134 cm³/mol. The summed E-state index contributed by atoms with van der Waals surface area (Å²) in [6.07, 6.45) is 6.94. The highest BCUT2D eigenvalue weighted by Gasteiger charge is 2.17. The number of halogens is 1. The van der Waals surface area contributed by atoms with Gasteiger partial charge in [0.15, 0.2) is 5.82 Å².